The van der Waals surface area contributed by atoms with E-state index >= 15 is 0 Å². The Balaban J connectivity index is 2.02. The molecule has 0 saturated heterocycles. The molecule has 2 rings (SSSR count). The summed E-state index contributed by atoms with van der Waals surface area (Å²) in [5.41, 5.74) is -0.408. The van der Waals surface area contributed by atoms with Gasteiger partial charge in [-0.05, 0) is 50.9 Å². The van der Waals surface area contributed by atoms with E-state index in [1.54, 1.807) is 0 Å². The second-order valence-corrected chi connectivity index (χ2v) is 5.70. The number of Topliss-reactive ketones (excluding diaryl/α,β-unsaturated/α-hetero) is 1. The third-order valence-electron chi connectivity index (χ3n) is 4.06. The van der Waals surface area contributed by atoms with Crippen molar-refractivity contribution in [1.82, 2.24) is 0 Å². The van der Waals surface area contributed by atoms with Gasteiger partial charge in [-0.15, -0.1) is 0 Å². The number of carbonyl (C=O) groups excluding carboxylic acids is 1. The highest BCUT2D eigenvalue weighted by molar-refractivity contribution is 5.87. The molecular weight excluding hydrogens is 200 g/mol. The van der Waals surface area contributed by atoms with Crippen LogP contribution in [0.15, 0.2) is 0 Å². The van der Waals surface area contributed by atoms with E-state index in [0.717, 1.165) is 25.7 Å². The Kier molecular flexibility index (Phi) is 3.68. The lowest BCUT2D eigenvalue weighted by molar-refractivity contribution is -0.151. The Morgan fingerprint density at radius 3 is 2.69 bits per heavy atom. The van der Waals surface area contributed by atoms with Gasteiger partial charge in [-0.3, -0.25) is 4.79 Å². The highest BCUT2D eigenvalue weighted by Crippen LogP contribution is 2.40. The van der Waals surface area contributed by atoms with Crippen LogP contribution in [0.5, 0.6) is 0 Å². The van der Waals surface area contributed by atoms with Crippen LogP contribution in [0.1, 0.15) is 58.8 Å². The maximum absolute atomic E-state index is 12.4. The third kappa shape index (κ3) is 2.65. The molecule has 0 N–H and O–H groups in total. The fourth-order valence-electron chi connectivity index (χ4n) is 3.01. The van der Waals surface area contributed by atoms with Crippen LogP contribution in [-0.4, -0.2) is 18.0 Å². The van der Waals surface area contributed by atoms with Crippen molar-refractivity contribution in [2.45, 2.75) is 64.4 Å². The number of ether oxygens (including phenoxy) is 1. The lowest BCUT2D eigenvalue weighted by atomic mass is 9.75. The maximum Gasteiger partial charge on any atom is 0.164 e. The Hall–Kier alpha value is -0.370. The van der Waals surface area contributed by atoms with E-state index < -0.39 is 5.60 Å². The Labute approximate surface area is 98.7 Å². The smallest absolute Gasteiger partial charge is 0.164 e. The summed E-state index contributed by atoms with van der Waals surface area (Å²) < 4.78 is 5.88. The fourth-order valence-corrected chi connectivity index (χ4v) is 3.01. The summed E-state index contributed by atoms with van der Waals surface area (Å²) >= 11 is 0. The monoisotopic (exact) mass is 224 g/mol. The van der Waals surface area contributed by atoms with Gasteiger partial charge >= 0.3 is 0 Å². The van der Waals surface area contributed by atoms with Crippen molar-refractivity contribution in [3.8, 4) is 0 Å². The second-order valence-electron chi connectivity index (χ2n) is 5.70. The average molecular weight is 224 g/mol. The summed E-state index contributed by atoms with van der Waals surface area (Å²) in [5.74, 6) is 1.72. The summed E-state index contributed by atoms with van der Waals surface area (Å²) in [6.45, 7) is 4.92. The summed E-state index contributed by atoms with van der Waals surface area (Å²) in [6, 6.07) is 0. The van der Waals surface area contributed by atoms with Crippen molar-refractivity contribution in [2.24, 2.45) is 11.8 Å². The number of ketones is 1. The van der Waals surface area contributed by atoms with Crippen molar-refractivity contribution in [3.63, 3.8) is 0 Å². The summed E-state index contributed by atoms with van der Waals surface area (Å²) in [7, 11) is 0. The molecule has 2 saturated carbocycles. The largest absolute Gasteiger partial charge is 0.367 e. The number of rotatable bonds is 5. The van der Waals surface area contributed by atoms with Crippen LogP contribution < -0.4 is 0 Å². The van der Waals surface area contributed by atoms with Crippen LogP contribution in [0, 0.1) is 11.8 Å². The van der Waals surface area contributed by atoms with Gasteiger partial charge in [0.1, 0.15) is 5.60 Å². The van der Waals surface area contributed by atoms with E-state index in [4.69, 9.17) is 4.74 Å². The van der Waals surface area contributed by atoms with E-state index in [9.17, 15) is 4.79 Å². The lowest BCUT2D eigenvalue weighted by Gasteiger charge is -2.38. The van der Waals surface area contributed by atoms with Crippen molar-refractivity contribution >= 4 is 5.78 Å². The molecule has 0 aliphatic heterocycles. The molecule has 0 heterocycles. The van der Waals surface area contributed by atoms with Crippen LogP contribution >= 0.6 is 0 Å². The van der Waals surface area contributed by atoms with Crippen molar-refractivity contribution in [2.75, 3.05) is 6.61 Å². The standard InChI is InChI=1S/C14H24O2/c1-3-16-14(8-4-5-11(2)10-14)13(15)9-12-6-7-12/h11-12H,3-10H2,1-2H3. The lowest BCUT2D eigenvalue weighted by Crippen LogP contribution is -2.45. The van der Waals surface area contributed by atoms with Crippen LogP contribution in [-0.2, 0) is 9.53 Å². The van der Waals surface area contributed by atoms with Gasteiger partial charge in [0.15, 0.2) is 5.78 Å². The van der Waals surface area contributed by atoms with Gasteiger partial charge in [0.25, 0.3) is 0 Å². The minimum atomic E-state index is -0.408. The molecule has 0 radical (unpaired) electrons. The quantitative estimate of drug-likeness (QED) is 0.716. The SMILES string of the molecule is CCOC1(C(=O)CC2CC2)CCCC(C)C1. The van der Waals surface area contributed by atoms with Gasteiger partial charge < -0.3 is 4.74 Å². The van der Waals surface area contributed by atoms with Gasteiger partial charge in [0.05, 0.1) is 0 Å². The fraction of sp³-hybridized carbons (Fsp3) is 0.929. The zero-order chi connectivity index (χ0) is 11.6. The van der Waals surface area contributed by atoms with E-state index in [1.807, 2.05) is 6.92 Å². The molecule has 2 unspecified atom stereocenters. The molecule has 0 spiro atoms. The predicted octanol–water partition coefficient (Wildman–Crippen LogP) is 3.34. The Morgan fingerprint density at radius 2 is 2.12 bits per heavy atom. The van der Waals surface area contributed by atoms with E-state index in [2.05, 4.69) is 6.92 Å². The molecule has 16 heavy (non-hydrogen) atoms. The molecule has 2 heteroatoms. The number of hydrogen-bond donors (Lipinski definition) is 0. The summed E-state index contributed by atoms with van der Waals surface area (Å²) in [4.78, 5) is 12.4. The van der Waals surface area contributed by atoms with Gasteiger partial charge in [0.2, 0.25) is 0 Å². The van der Waals surface area contributed by atoms with Crippen molar-refractivity contribution in [1.29, 1.82) is 0 Å². The third-order valence-corrected chi connectivity index (χ3v) is 4.06. The highest BCUT2D eigenvalue weighted by Gasteiger charge is 2.43. The molecule has 0 aromatic carbocycles. The first kappa shape index (κ1) is 12.1. The number of carbonyl (C=O) groups is 1. The minimum Gasteiger partial charge on any atom is -0.367 e. The van der Waals surface area contributed by atoms with Crippen molar-refractivity contribution in [3.05, 3.63) is 0 Å². The first-order valence-electron chi connectivity index (χ1n) is 6.83. The minimum absolute atomic E-state index is 0.392. The molecule has 2 nitrogen and oxygen atoms in total. The van der Waals surface area contributed by atoms with Gasteiger partial charge in [0, 0.05) is 13.0 Å². The first-order valence-corrected chi connectivity index (χ1v) is 6.83. The Bertz CT molecular complexity index is 253. The molecule has 0 bridgehead atoms. The molecule has 0 amide bonds. The number of hydrogen-bond acceptors (Lipinski definition) is 2. The van der Waals surface area contributed by atoms with Crippen LogP contribution in [0.4, 0.5) is 0 Å². The van der Waals surface area contributed by atoms with E-state index in [1.165, 1.54) is 19.3 Å². The highest BCUT2D eigenvalue weighted by atomic mass is 16.5. The molecular formula is C14H24O2. The molecule has 2 aliphatic rings. The maximum atomic E-state index is 12.4. The zero-order valence-electron chi connectivity index (χ0n) is 10.6. The average Bonchev–Trinajstić information content (AvgIpc) is 3.02. The molecule has 0 aromatic heterocycles. The topological polar surface area (TPSA) is 26.3 Å². The van der Waals surface area contributed by atoms with Crippen LogP contribution in [0.2, 0.25) is 0 Å². The molecule has 92 valence electrons. The molecule has 2 atom stereocenters. The van der Waals surface area contributed by atoms with E-state index in [0.29, 0.717) is 24.2 Å². The van der Waals surface area contributed by atoms with Crippen LogP contribution in [0.25, 0.3) is 0 Å². The molecule has 0 aromatic rings. The second kappa shape index (κ2) is 4.87. The van der Waals surface area contributed by atoms with Gasteiger partial charge in [-0.2, -0.15) is 0 Å². The summed E-state index contributed by atoms with van der Waals surface area (Å²) in [6.07, 6.45) is 7.59. The summed E-state index contributed by atoms with van der Waals surface area (Å²) in [5, 5.41) is 0. The van der Waals surface area contributed by atoms with Gasteiger partial charge in [-0.1, -0.05) is 13.3 Å². The zero-order valence-corrected chi connectivity index (χ0v) is 10.6. The first-order chi connectivity index (χ1) is 7.66. The van der Waals surface area contributed by atoms with Crippen molar-refractivity contribution < 1.29 is 9.53 Å². The van der Waals surface area contributed by atoms with Crippen LogP contribution in [0.3, 0.4) is 0 Å². The molecule has 2 fully saturated rings. The van der Waals surface area contributed by atoms with E-state index in [-0.39, 0.29) is 0 Å². The predicted molar refractivity (Wildman–Crippen MR) is 64.3 cm³/mol. The van der Waals surface area contributed by atoms with Gasteiger partial charge in [-0.25, -0.2) is 0 Å². The Morgan fingerprint density at radius 1 is 1.38 bits per heavy atom. The molecule has 2 aliphatic carbocycles. The normalized spacial score (nSPS) is 35.0.